The number of sulfone groups is 1. The number of ketones is 1. The van der Waals surface area contributed by atoms with Crippen LogP contribution >= 0.6 is 11.6 Å². The number of rotatable bonds is 7. The summed E-state index contributed by atoms with van der Waals surface area (Å²) >= 11 is 6.15. The molecule has 0 aliphatic heterocycles. The minimum absolute atomic E-state index is 0.0232. The Labute approximate surface area is 175 Å². The molecular formula is C22H22ClNO4S. The van der Waals surface area contributed by atoms with Crippen LogP contribution in [0.4, 0.5) is 0 Å². The first kappa shape index (κ1) is 21.3. The van der Waals surface area contributed by atoms with E-state index < -0.39 is 21.4 Å². The highest BCUT2D eigenvalue weighted by Crippen LogP contribution is 2.26. The van der Waals surface area contributed by atoms with Gasteiger partial charge in [0.1, 0.15) is 11.5 Å². The average molecular weight is 432 g/mol. The summed E-state index contributed by atoms with van der Waals surface area (Å²) < 4.78 is 30.8. The van der Waals surface area contributed by atoms with Crippen LogP contribution in [-0.2, 0) is 26.8 Å². The largest absolute Gasteiger partial charge is 0.441 e. The van der Waals surface area contributed by atoms with Gasteiger partial charge >= 0.3 is 0 Å². The molecule has 0 unspecified atom stereocenters. The van der Waals surface area contributed by atoms with Gasteiger partial charge < -0.3 is 4.42 Å². The number of nitrogens with zero attached hydrogens (tertiary/aromatic N) is 1. The van der Waals surface area contributed by atoms with E-state index in [0.29, 0.717) is 27.9 Å². The summed E-state index contributed by atoms with van der Waals surface area (Å²) in [5.74, 6) is -0.509. The van der Waals surface area contributed by atoms with Crippen molar-refractivity contribution in [3.05, 3.63) is 75.6 Å². The van der Waals surface area contributed by atoms with Crippen LogP contribution in [0.2, 0.25) is 5.02 Å². The smallest absolute Gasteiger partial charge is 0.226 e. The first-order valence-electron chi connectivity index (χ1n) is 9.14. The molecule has 5 nitrogen and oxygen atoms in total. The molecule has 3 aromatic rings. The molecule has 3 rings (SSSR count). The SMILES string of the molecule is Cc1ccc(CC(=O)CS(=O)(=O)Cc2nc(-c3ccccc3C)oc2C)c(Cl)c1. The summed E-state index contributed by atoms with van der Waals surface area (Å²) in [6.07, 6.45) is -0.0232. The van der Waals surface area contributed by atoms with Gasteiger partial charge in [-0.2, -0.15) is 0 Å². The molecule has 0 saturated carbocycles. The zero-order chi connectivity index (χ0) is 21.2. The summed E-state index contributed by atoms with van der Waals surface area (Å²) in [6.45, 7) is 5.50. The van der Waals surface area contributed by atoms with E-state index in [2.05, 4.69) is 4.98 Å². The van der Waals surface area contributed by atoms with Gasteiger partial charge in [0.05, 0.1) is 11.4 Å². The third kappa shape index (κ3) is 5.34. The molecule has 0 aliphatic rings. The average Bonchev–Trinajstić information content (AvgIpc) is 2.97. The van der Waals surface area contributed by atoms with Crippen molar-refractivity contribution >= 4 is 27.2 Å². The summed E-state index contributed by atoms with van der Waals surface area (Å²) in [6, 6.07) is 12.9. The third-order valence-electron chi connectivity index (χ3n) is 4.60. The van der Waals surface area contributed by atoms with Crippen molar-refractivity contribution in [1.82, 2.24) is 4.98 Å². The normalized spacial score (nSPS) is 11.6. The van der Waals surface area contributed by atoms with Crippen LogP contribution in [0.25, 0.3) is 11.5 Å². The number of oxazole rings is 1. The Hall–Kier alpha value is -2.44. The van der Waals surface area contributed by atoms with Crippen molar-refractivity contribution < 1.29 is 17.6 Å². The zero-order valence-corrected chi connectivity index (χ0v) is 18.1. The maximum absolute atomic E-state index is 12.6. The molecule has 0 aliphatic carbocycles. The Kier molecular flexibility index (Phi) is 6.24. The Morgan fingerprint density at radius 1 is 1.10 bits per heavy atom. The number of Topliss-reactive ketones (excluding diaryl/α,β-unsaturated/α-hetero) is 1. The molecule has 0 atom stereocenters. The second-order valence-electron chi connectivity index (χ2n) is 7.18. The van der Waals surface area contributed by atoms with Gasteiger partial charge in [-0.05, 0) is 49.6 Å². The summed E-state index contributed by atoms with van der Waals surface area (Å²) in [4.78, 5) is 16.7. The lowest BCUT2D eigenvalue weighted by molar-refractivity contribution is -0.116. The van der Waals surface area contributed by atoms with Crippen LogP contribution in [0, 0.1) is 20.8 Å². The van der Waals surface area contributed by atoms with Crippen LogP contribution in [0.5, 0.6) is 0 Å². The second-order valence-corrected chi connectivity index (χ2v) is 9.65. The highest BCUT2D eigenvalue weighted by atomic mass is 35.5. The fourth-order valence-corrected chi connectivity index (χ4v) is 4.73. The Morgan fingerprint density at radius 2 is 1.83 bits per heavy atom. The van der Waals surface area contributed by atoms with Crippen LogP contribution < -0.4 is 0 Å². The maximum Gasteiger partial charge on any atom is 0.226 e. The molecule has 152 valence electrons. The minimum atomic E-state index is -3.69. The molecular weight excluding hydrogens is 410 g/mol. The molecule has 0 N–H and O–H groups in total. The Morgan fingerprint density at radius 3 is 2.52 bits per heavy atom. The molecule has 2 aromatic carbocycles. The molecule has 0 bridgehead atoms. The first-order valence-corrected chi connectivity index (χ1v) is 11.3. The number of carbonyl (C=O) groups excluding carboxylic acids is 1. The number of aryl methyl sites for hydroxylation is 3. The van der Waals surface area contributed by atoms with Gasteiger partial charge in [-0.3, -0.25) is 4.79 Å². The molecule has 29 heavy (non-hydrogen) atoms. The lowest BCUT2D eigenvalue weighted by atomic mass is 10.1. The van der Waals surface area contributed by atoms with Crippen molar-refractivity contribution in [2.75, 3.05) is 5.75 Å². The summed E-state index contributed by atoms with van der Waals surface area (Å²) in [5, 5.41) is 0.464. The van der Waals surface area contributed by atoms with Crippen LogP contribution in [-0.4, -0.2) is 24.9 Å². The van der Waals surface area contributed by atoms with E-state index in [1.807, 2.05) is 44.2 Å². The fraction of sp³-hybridized carbons (Fsp3) is 0.273. The molecule has 1 aromatic heterocycles. The molecule has 0 spiro atoms. The fourth-order valence-electron chi connectivity index (χ4n) is 3.05. The lowest BCUT2D eigenvalue weighted by Gasteiger charge is -2.06. The number of hydrogen-bond acceptors (Lipinski definition) is 5. The molecule has 0 fully saturated rings. The van der Waals surface area contributed by atoms with Crippen LogP contribution in [0.1, 0.15) is 28.1 Å². The van der Waals surface area contributed by atoms with Gasteiger partial charge in [-0.1, -0.05) is 41.9 Å². The zero-order valence-electron chi connectivity index (χ0n) is 16.5. The molecule has 0 saturated heterocycles. The van der Waals surface area contributed by atoms with Crippen molar-refractivity contribution in [3.63, 3.8) is 0 Å². The van der Waals surface area contributed by atoms with Gasteiger partial charge in [-0.15, -0.1) is 0 Å². The maximum atomic E-state index is 12.6. The van der Waals surface area contributed by atoms with Crippen LogP contribution in [0.15, 0.2) is 46.9 Å². The van der Waals surface area contributed by atoms with Crippen molar-refractivity contribution in [3.8, 4) is 11.5 Å². The van der Waals surface area contributed by atoms with Gasteiger partial charge in [0.2, 0.25) is 5.89 Å². The van der Waals surface area contributed by atoms with E-state index in [0.717, 1.165) is 16.7 Å². The second kappa shape index (κ2) is 8.51. The quantitative estimate of drug-likeness (QED) is 0.544. The van der Waals surface area contributed by atoms with Gasteiger partial charge in [0.25, 0.3) is 0 Å². The topological polar surface area (TPSA) is 77.2 Å². The van der Waals surface area contributed by atoms with E-state index in [1.54, 1.807) is 19.1 Å². The van der Waals surface area contributed by atoms with Crippen molar-refractivity contribution in [2.24, 2.45) is 0 Å². The van der Waals surface area contributed by atoms with E-state index in [4.69, 9.17) is 16.0 Å². The van der Waals surface area contributed by atoms with E-state index in [-0.39, 0.29) is 12.2 Å². The molecule has 1 heterocycles. The lowest BCUT2D eigenvalue weighted by Crippen LogP contribution is -2.20. The van der Waals surface area contributed by atoms with E-state index in [1.165, 1.54) is 0 Å². The summed E-state index contributed by atoms with van der Waals surface area (Å²) in [7, 11) is -3.69. The predicted molar refractivity (Wildman–Crippen MR) is 114 cm³/mol. The van der Waals surface area contributed by atoms with E-state index in [9.17, 15) is 13.2 Å². The number of carbonyl (C=O) groups is 1. The van der Waals surface area contributed by atoms with Crippen molar-refractivity contribution in [2.45, 2.75) is 32.9 Å². The molecule has 7 heteroatoms. The number of hydrogen-bond donors (Lipinski definition) is 0. The van der Waals surface area contributed by atoms with Gasteiger partial charge in [0, 0.05) is 17.0 Å². The highest BCUT2D eigenvalue weighted by Gasteiger charge is 2.23. The van der Waals surface area contributed by atoms with Gasteiger partial charge in [-0.25, -0.2) is 13.4 Å². The monoisotopic (exact) mass is 431 g/mol. The van der Waals surface area contributed by atoms with Crippen molar-refractivity contribution in [1.29, 1.82) is 0 Å². The van der Waals surface area contributed by atoms with Gasteiger partial charge in [0.15, 0.2) is 15.6 Å². The number of halogens is 1. The highest BCUT2D eigenvalue weighted by molar-refractivity contribution is 7.91. The molecule has 0 amide bonds. The minimum Gasteiger partial charge on any atom is -0.441 e. The standard InChI is InChI=1S/C22H22ClNO4S/c1-14-8-9-17(20(23)10-14)11-18(25)12-29(26,27)13-21-16(3)28-22(24-21)19-7-5-4-6-15(19)2/h4-10H,11-13H2,1-3H3. The Bertz CT molecular complexity index is 1170. The first-order chi connectivity index (χ1) is 13.6. The van der Waals surface area contributed by atoms with Crippen LogP contribution in [0.3, 0.4) is 0 Å². The third-order valence-corrected chi connectivity index (χ3v) is 6.43. The number of aromatic nitrogens is 1. The number of benzene rings is 2. The molecule has 0 radical (unpaired) electrons. The Balaban J connectivity index is 1.72. The van der Waals surface area contributed by atoms with E-state index >= 15 is 0 Å². The summed E-state index contributed by atoms with van der Waals surface area (Å²) in [5.41, 5.74) is 3.71. The predicted octanol–water partition coefficient (Wildman–Crippen LogP) is 4.65.